The fraction of sp³-hybridized carbons (Fsp3) is 0.538. The van der Waals surface area contributed by atoms with Crippen LogP contribution in [0.15, 0.2) is 18.2 Å². The van der Waals surface area contributed by atoms with Crippen LogP contribution in [0.5, 0.6) is 0 Å². The van der Waals surface area contributed by atoms with Gasteiger partial charge in [-0.2, -0.15) is 4.39 Å². The minimum atomic E-state index is -0.800. The van der Waals surface area contributed by atoms with Gasteiger partial charge in [-0.15, -0.1) is 0 Å². The second-order valence-electron chi connectivity index (χ2n) is 5.31. The third-order valence-corrected chi connectivity index (χ3v) is 3.69. The number of nitrogens with zero attached hydrogens (tertiary/aromatic N) is 1. The standard InChI is InChI=1S/C13H18FN3O2/c1-13(5-7-15-8-6-13)9-16-11-4-2-3-10(14)12(11)17(18)19/h2-4,15-16H,5-9H2,1H3. The average molecular weight is 267 g/mol. The Hall–Kier alpha value is -1.69. The first-order chi connectivity index (χ1) is 9.02. The van der Waals surface area contributed by atoms with E-state index in [-0.39, 0.29) is 11.1 Å². The van der Waals surface area contributed by atoms with Gasteiger partial charge < -0.3 is 10.6 Å². The zero-order valence-corrected chi connectivity index (χ0v) is 10.9. The molecule has 1 fully saturated rings. The fourth-order valence-corrected chi connectivity index (χ4v) is 2.36. The molecule has 0 bridgehead atoms. The van der Waals surface area contributed by atoms with Crippen LogP contribution in [0.1, 0.15) is 19.8 Å². The van der Waals surface area contributed by atoms with E-state index in [0.29, 0.717) is 6.54 Å². The highest BCUT2D eigenvalue weighted by Crippen LogP contribution is 2.31. The minimum Gasteiger partial charge on any atom is -0.379 e. The number of piperidine rings is 1. The van der Waals surface area contributed by atoms with Gasteiger partial charge in [0.2, 0.25) is 5.82 Å². The molecule has 6 heteroatoms. The van der Waals surface area contributed by atoms with E-state index in [1.165, 1.54) is 6.07 Å². The maximum absolute atomic E-state index is 13.5. The molecule has 1 aromatic rings. The van der Waals surface area contributed by atoms with E-state index < -0.39 is 16.4 Å². The highest BCUT2D eigenvalue weighted by atomic mass is 19.1. The SMILES string of the molecule is CC1(CNc2cccc(F)c2[N+](=O)[O-])CCNCC1. The largest absolute Gasteiger partial charge is 0.379 e. The summed E-state index contributed by atoms with van der Waals surface area (Å²) in [6, 6.07) is 4.14. The highest BCUT2D eigenvalue weighted by molar-refractivity contribution is 5.62. The summed E-state index contributed by atoms with van der Waals surface area (Å²) in [6.07, 6.45) is 2.01. The van der Waals surface area contributed by atoms with Gasteiger partial charge >= 0.3 is 5.69 Å². The van der Waals surface area contributed by atoms with E-state index in [1.807, 2.05) is 0 Å². The van der Waals surface area contributed by atoms with Crippen molar-refractivity contribution in [2.24, 2.45) is 5.41 Å². The predicted octanol–water partition coefficient (Wildman–Crippen LogP) is 2.54. The Kier molecular flexibility index (Phi) is 3.99. The average Bonchev–Trinajstić information content (AvgIpc) is 2.37. The van der Waals surface area contributed by atoms with Crippen LogP contribution in [0.25, 0.3) is 0 Å². The molecule has 0 aromatic heterocycles. The molecule has 2 rings (SSSR count). The number of hydrogen-bond acceptors (Lipinski definition) is 4. The van der Waals surface area contributed by atoms with Gasteiger partial charge in [-0.3, -0.25) is 10.1 Å². The molecule has 0 atom stereocenters. The van der Waals surface area contributed by atoms with E-state index in [1.54, 1.807) is 6.07 Å². The van der Waals surface area contributed by atoms with Crippen molar-refractivity contribution in [1.29, 1.82) is 0 Å². The summed E-state index contributed by atoms with van der Waals surface area (Å²) in [6.45, 7) is 4.65. The molecule has 1 aromatic carbocycles. The number of benzene rings is 1. The van der Waals surface area contributed by atoms with E-state index in [4.69, 9.17) is 0 Å². The van der Waals surface area contributed by atoms with E-state index in [2.05, 4.69) is 17.6 Å². The van der Waals surface area contributed by atoms with Crippen LogP contribution >= 0.6 is 0 Å². The number of rotatable bonds is 4. The van der Waals surface area contributed by atoms with Crippen molar-refractivity contribution in [1.82, 2.24) is 5.32 Å². The molecule has 0 radical (unpaired) electrons. The Labute approximate surface area is 111 Å². The molecule has 1 saturated heterocycles. The zero-order chi connectivity index (χ0) is 13.9. The molecule has 2 N–H and O–H groups in total. The maximum atomic E-state index is 13.5. The van der Waals surface area contributed by atoms with Crippen molar-refractivity contribution in [3.63, 3.8) is 0 Å². The molecule has 19 heavy (non-hydrogen) atoms. The minimum absolute atomic E-state index is 0.0887. The van der Waals surface area contributed by atoms with Crippen LogP contribution in [0.4, 0.5) is 15.8 Å². The van der Waals surface area contributed by atoms with Crippen LogP contribution in [-0.4, -0.2) is 24.6 Å². The number of hydrogen-bond donors (Lipinski definition) is 2. The van der Waals surface area contributed by atoms with Crippen LogP contribution in [0.2, 0.25) is 0 Å². The zero-order valence-electron chi connectivity index (χ0n) is 10.9. The van der Waals surface area contributed by atoms with Gasteiger partial charge in [-0.1, -0.05) is 13.0 Å². The highest BCUT2D eigenvalue weighted by Gasteiger charge is 2.28. The summed E-state index contributed by atoms with van der Waals surface area (Å²) in [7, 11) is 0. The Morgan fingerprint density at radius 3 is 2.79 bits per heavy atom. The number of para-hydroxylation sites is 1. The molecule has 0 saturated carbocycles. The molecule has 1 heterocycles. The second-order valence-corrected chi connectivity index (χ2v) is 5.31. The molecule has 0 unspecified atom stereocenters. The summed E-state index contributed by atoms with van der Waals surface area (Å²) >= 11 is 0. The van der Waals surface area contributed by atoms with Crippen molar-refractivity contribution in [3.05, 3.63) is 34.1 Å². The molecule has 104 valence electrons. The van der Waals surface area contributed by atoms with Crippen LogP contribution in [0, 0.1) is 21.3 Å². The molecule has 0 amide bonds. The van der Waals surface area contributed by atoms with E-state index in [0.717, 1.165) is 32.0 Å². The first-order valence-electron chi connectivity index (χ1n) is 6.39. The summed E-state index contributed by atoms with van der Waals surface area (Å²) < 4.78 is 13.5. The smallest absolute Gasteiger partial charge is 0.327 e. The lowest BCUT2D eigenvalue weighted by atomic mass is 9.81. The molecule has 0 spiro atoms. The maximum Gasteiger partial charge on any atom is 0.327 e. The first kappa shape index (κ1) is 13.7. The molecule has 1 aliphatic rings. The van der Waals surface area contributed by atoms with Gasteiger partial charge in [0.25, 0.3) is 0 Å². The topological polar surface area (TPSA) is 67.2 Å². The third-order valence-electron chi connectivity index (χ3n) is 3.69. The van der Waals surface area contributed by atoms with Gasteiger partial charge in [0.15, 0.2) is 0 Å². The van der Waals surface area contributed by atoms with Gasteiger partial charge in [0, 0.05) is 6.54 Å². The lowest BCUT2D eigenvalue weighted by Crippen LogP contribution is -2.39. The van der Waals surface area contributed by atoms with Crippen molar-refractivity contribution < 1.29 is 9.31 Å². The second kappa shape index (κ2) is 5.52. The number of nitro benzene ring substituents is 1. The van der Waals surface area contributed by atoms with E-state index in [9.17, 15) is 14.5 Å². The Morgan fingerprint density at radius 2 is 2.16 bits per heavy atom. The Bertz CT molecular complexity index is 473. The van der Waals surface area contributed by atoms with Crippen LogP contribution in [0.3, 0.4) is 0 Å². The molecule has 5 nitrogen and oxygen atoms in total. The summed E-state index contributed by atoms with van der Waals surface area (Å²) in [5.41, 5.74) is -0.129. The van der Waals surface area contributed by atoms with Crippen molar-refractivity contribution in [2.45, 2.75) is 19.8 Å². The van der Waals surface area contributed by atoms with Crippen LogP contribution in [-0.2, 0) is 0 Å². The van der Waals surface area contributed by atoms with Crippen molar-refractivity contribution >= 4 is 11.4 Å². The lowest BCUT2D eigenvalue weighted by molar-refractivity contribution is -0.386. The van der Waals surface area contributed by atoms with Crippen molar-refractivity contribution in [3.8, 4) is 0 Å². The fourth-order valence-electron chi connectivity index (χ4n) is 2.36. The molecular weight excluding hydrogens is 249 g/mol. The number of anilines is 1. The molecular formula is C13H18FN3O2. The lowest BCUT2D eigenvalue weighted by Gasteiger charge is -2.34. The molecule has 0 aliphatic carbocycles. The van der Waals surface area contributed by atoms with Gasteiger partial charge in [0.05, 0.1) is 4.92 Å². The molecule has 1 aliphatic heterocycles. The summed E-state index contributed by atoms with van der Waals surface area (Å²) in [4.78, 5) is 10.2. The Morgan fingerprint density at radius 1 is 1.47 bits per heavy atom. The van der Waals surface area contributed by atoms with E-state index >= 15 is 0 Å². The normalized spacial score (nSPS) is 18.0. The first-order valence-corrected chi connectivity index (χ1v) is 6.39. The number of nitro groups is 1. The Balaban J connectivity index is 2.11. The van der Waals surface area contributed by atoms with Gasteiger partial charge in [0.1, 0.15) is 5.69 Å². The quantitative estimate of drug-likeness (QED) is 0.650. The summed E-state index contributed by atoms with van der Waals surface area (Å²) in [5.74, 6) is -0.800. The van der Waals surface area contributed by atoms with Crippen LogP contribution < -0.4 is 10.6 Å². The number of nitrogens with one attached hydrogen (secondary N) is 2. The third kappa shape index (κ3) is 3.20. The predicted molar refractivity (Wildman–Crippen MR) is 71.8 cm³/mol. The number of halogens is 1. The van der Waals surface area contributed by atoms with Gasteiger partial charge in [-0.05, 0) is 43.5 Å². The van der Waals surface area contributed by atoms with Gasteiger partial charge in [-0.25, -0.2) is 0 Å². The summed E-state index contributed by atoms with van der Waals surface area (Å²) in [5, 5.41) is 17.2. The van der Waals surface area contributed by atoms with Crippen molar-refractivity contribution in [2.75, 3.05) is 25.0 Å². The monoisotopic (exact) mass is 267 g/mol.